The fraction of sp³-hybridized carbons (Fsp3) is 0.556. The van der Waals surface area contributed by atoms with Gasteiger partial charge in [0.2, 0.25) is 0 Å². The zero-order valence-electron chi connectivity index (χ0n) is 13.7. The molecule has 0 unspecified atom stereocenters. The summed E-state index contributed by atoms with van der Waals surface area (Å²) in [6.07, 6.45) is 3.18. The summed E-state index contributed by atoms with van der Waals surface area (Å²) in [4.78, 5) is 22.6. The first kappa shape index (κ1) is 16.8. The van der Waals surface area contributed by atoms with Gasteiger partial charge in [0.05, 0.1) is 6.10 Å². The Balaban J connectivity index is 1.69. The molecule has 130 valence electrons. The molecule has 2 aliphatic rings. The number of hydrogen-bond acceptors (Lipinski definition) is 4. The van der Waals surface area contributed by atoms with Gasteiger partial charge in [-0.3, -0.25) is 4.79 Å². The predicted molar refractivity (Wildman–Crippen MR) is 87.4 cm³/mol. The lowest BCUT2D eigenvalue weighted by Gasteiger charge is -2.41. The summed E-state index contributed by atoms with van der Waals surface area (Å²) in [5.74, 6) is -0.596. The SMILES string of the molecule is Cc1ccc(O[C@H]2CC[C@H]3CN[C@H](C(=O)O)C[C@H]3C2)c(C(=O)O)c1. The smallest absolute Gasteiger partial charge is 0.339 e. The Morgan fingerprint density at radius 3 is 2.67 bits per heavy atom. The molecule has 0 bridgehead atoms. The molecule has 1 aromatic rings. The number of nitrogens with one attached hydrogen (secondary N) is 1. The van der Waals surface area contributed by atoms with Gasteiger partial charge in [0.1, 0.15) is 17.4 Å². The van der Waals surface area contributed by atoms with Gasteiger partial charge in [-0.25, -0.2) is 4.79 Å². The van der Waals surface area contributed by atoms with E-state index in [4.69, 9.17) is 4.74 Å². The second-order valence-corrected chi connectivity index (χ2v) is 6.91. The predicted octanol–water partition coefficient (Wildman–Crippen LogP) is 2.30. The zero-order valence-corrected chi connectivity index (χ0v) is 13.7. The van der Waals surface area contributed by atoms with Gasteiger partial charge in [-0.15, -0.1) is 0 Å². The zero-order chi connectivity index (χ0) is 17.3. The Bertz CT molecular complexity index is 644. The standard InChI is InChI=1S/C18H23NO5/c1-10-2-5-16(14(6-10)17(20)21)24-13-4-3-11-9-19-15(18(22)23)8-12(11)7-13/h2,5-6,11-13,15,19H,3-4,7-9H2,1H3,(H,20,21)(H,22,23)/t11-,12+,13-,15-/m0/s1. The van der Waals surface area contributed by atoms with Crippen LogP contribution in [-0.2, 0) is 4.79 Å². The third kappa shape index (κ3) is 3.53. The molecule has 1 aliphatic heterocycles. The molecule has 3 rings (SSSR count). The number of aliphatic carboxylic acids is 1. The van der Waals surface area contributed by atoms with E-state index in [-0.39, 0.29) is 11.7 Å². The molecule has 1 saturated carbocycles. The van der Waals surface area contributed by atoms with Crippen LogP contribution in [0, 0.1) is 18.8 Å². The number of ether oxygens (including phenoxy) is 1. The van der Waals surface area contributed by atoms with Crippen molar-refractivity contribution < 1.29 is 24.5 Å². The summed E-state index contributed by atoms with van der Waals surface area (Å²) in [6.45, 7) is 2.59. The van der Waals surface area contributed by atoms with Crippen molar-refractivity contribution in [3.63, 3.8) is 0 Å². The molecule has 1 heterocycles. The molecule has 3 N–H and O–H groups in total. The van der Waals surface area contributed by atoms with E-state index < -0.39 is 18.0 Å². The first-order valence-electron chi connectivity index (χ1n) is 8.41. The van der Waals surface area contributed by atoms with E-state index in [2.05, 4.69) is 5.32 Å². The minimum atomic E-state index is -0.991. The van der Waals surface area contributed by atoms with E-state index >= 15 is 0 Å². The van der Waals surface area contributed by atoms with Crippen molar-refractivity contribution in [2.45, 2.75) is 44.8 Å². The third-order valence-electron chi connectivity index (χ3n) is 5.21. The van der Waals surface area contributed by atoms with Crippen molar-refractivity contribution >= 4 is 11.9 Å². The van der Waals surface area contributed by atoms with Gasteiger partial charge in [0.15, 0.2) is 0 Å². The topological polar surface area (TPSA) is 95.9 Å². The lowest BCUT2D eigenvalue weighted by atomic mass is 9.72. The number of benzene rings is 1. The van der Waals surface area contributed by atoms with Crippen molar-refractivity contribution in [3.05, 3.63) is 29.3 Å². The highest BCUT2D eigenvalue weighted by Gasteiger charge is 2.38. The molecular formula is C18H23NO5. The lowest BCUT2D eigenvalue weighted by molar-refractivity contribution is -0.141. The number of aryl methyl sites for hydroxylation is 1. The summed E-state index contributed by atoms with van der Waals surface area (Å²) in [6, 6.07) is 4.69. The summed E-state index contributed by atoms with van der Waals surface area (Å²) >= 11 is 0. The van der Waals surface area contributed by atoms with Gasteiger partial charge < -0.3 is 20.3 Å². The maximum absolute atomic E-state index is 11.4. The minimum Gasteiger partial charge on any atom is -0.490 e. The summed E-state index contributed by atoms with van der Waals surface area (Å²) in [7, 11) is 0. The average molecular weight is 333 g/mol. The molecule has 1 aromatic carbocycles. The van der Waals surface area contributed by atoms with Crippen molar-refractivity contribution in [3.8, 4) is 5.75 Å². The van der Waals surface area contributed by atoms with Gasteiger partial charge in [-0.05, 0) is 63.1 Å². The Kier molecular flexibility index (Phi) is 4.76. The summed E-state index contributed by atoms with van der Waals surface area (Å²) in [5, 5.41) is 21.6. The normalized spacial score (nSPS) is 29.5. The van der Waals surface area contributed by atoms with Crippen LogP contribution >= 0.6 is 0 Å². The van der Waals surface area contributed by atoms with Gasteiger partial charge in [0.25, 0.3) is 0 Å². The van der Waals surface area contributed by atoms with Crippen LogP contribution in [0.25, 0.3) is 0 Å². The van der Waals surface area contributed by atoms with Crippen molar-refractivity contribution in [1.82, 2.24) is 5.32 Å². The second-order valence-electron chi connectivity index (χ2n) is 6.91. The minimum absolute atomic E-state index is 0.0559. The Morgan fingerprint density at radius 1 is 1.17 bits per heavy atom. The van der Waals surface area contributed by atoms with E-state index in [0.29, 0.717) is 24.0 Å². The highest BCUT2D eigenvalue weighted by atomic mass is 16.5. The summed E-state index contributed by atoms with van der Waals surface area (Å²) < 4.78 is 6.00. The Labute approximate surface area is 140 Å². The largest absolute Gasteiger partial charge is 0.490 e. The van der Waals surface area contributed by atoms with Crippen LogP contribution in [0.15, 0.2) is 18.2 Å². The van der Waals surface area contributed by atoms with E-state index in [1.54, 1.807) is 12.1 Å². The fourth-order valence-electron chi connectivity index (χ4n) is 3.91. The monoisotopic (exact) mass is 333 g/mol. The molecule has 0 aromatic heterocycles. The van der Waals surface area contributed by atoms with E-state index in [1.807, 2.05) is 13.0 Å². The van der Waals surface area contributed by atoms with Crippen LogP contribution < -0.4 is 10.1 Å². The number of carboxylic acid groups (broad SMARTS) is 2. The lowest BCUT2D eigenvalue weighted by Crippen LogP contribution is -2.50. The molecule has 0 radical (unpaired) electrons. The molecule has 6 heteroatoms. The number of piperidine rings is 1. The molecule has 0 amide bonds. The first-order chi connectivity index (χ1) is 11.4. The number of rotatable bonds is 4. The van der Waals surface area contributed by atoms with E-state index in [1.165, 1.54) is 0 Å². The van der Waals surface area contributed by atoms with E-state index in [0.717, 1.165) is 31.4 Å². The maximum Gasteiger partial charge on any atom is 0.339 e. The van der Waals surface area contributed by atoms with Crippen molar-refractivity contribution in [1.29, 1.82) is 0 Å². The Hall–Kier alpha value is -2.08. The molecule has 2 fully saturated rings. The molecule has 0 spiro atoms. The summed E-state index contributed by atoms with van der Waals surface area (Å²) in [5.41, 5.74) is 1.07. The van der Waals surface area contributed by atoms with Crippen LogP contribution in [0.2, 0.25) is 0 Å². The quantitative estimate of drug-likeness (QED) is 0.782. The maximum atomic E-state index is 11.4. The fourth-order valence-corrected chi connectivity index (χ4v) is 3.91. The highest BCUT2D eigenvalue weighted by Crippen LogP contribution is 2.37. The van der Waals surface area contributed by atoms with Crippen LogP contribution in [0.5, 0.6) is 5.75 Å². The number of carboxylic acids is 2. The molecule has 4 atom stereocenters. The Morgan fingerprint density at radius 2 is 1.96 bits per heavy atom. The van der Waals surface area contributed by atoms with Crippen molar-refractivity contribution in [2.24, 2.45) is 11.8 Å². The van der Waals surface area contributed by atoms with Crippen LogP contribution in [0.3, 0.4) is 0 Å². The van der Waals surface area contributed by atoms with Crippen molar-refractivity contribution in [2.75, 3.05) is 6.54 Å². The van der Waals surface area contributed by atoms with Gasteiger partial charge in [-0.1, -0.05) is 11.6 Å². The van der Waals surface area contributed by atoms with Gasteiger partial charge in [-0.2, -0.15) is 0 Å². The molecule has 1 saturated heterocycles. The number of carbonyl (C=O) groups is 2. The molecule has 1 aliphatic carbocycles. The van der Waals surface area contributed by atoms with Crippen LogP contribution in [-0.4, -0.2) is 40.8 Å². The average Bonchev–Trinajstić information content (AvgIpc) is 2.55. The number of fused-ring (bicyclic) bond motifs is 1. The van der Waals surface area contributed by atoms with Gasteiger partial charge >= 0.3 is 11.9 Å². The first-order valence-corrected chi connectivity index (χ1v) is 8.41. The number of hydrogen-bond donors (Lipinski definition) is 3. The second kappa shape index (κ2) is 6.81. The third-order valence-corrected chi connectivity index (χ3v) is 5.21. The van der Waals surface area contributed by atoms with E-state index in [9.17, 15) is 19.8 Å². The van der Waals surface area contributed by atoms with Crippen LogP contribution in [0.1, 0.15) is 41.6 Å². The van der Waals surface area contributed by atoms with Gasteiger partial charge in [0, 0.05) is 0 Å². The van der Waals surface area contributed by atoms with Crippen LogP contribution in [0.4, 0.5) is 0 Å². The molecule has 6 nitrogen and oxygen atoms in total. The number of aromatic carboxylic acids is 1. The molecular weight excluding hydrogens is 310 g/mol. The highest BCUT2D eigenvalue weighted by molar-refractivity contribution is 5.91. The molecule has 24 heavy (non-hydrogen) atoms.